The van der Waals surface area contributed by atoms with Gasteiger partial charge in [0.15, 0.2) is 5.78 Å². The minimum absolute atomic E-state index is 0. The molecular weight excluding hydrogens is 513 g/mol. The Kier molecular flexibility index (Phi) is 7.95. The molecular formula is C37H54NNaO2. The van der Waals surface area contributed by atoms with E-state index in [9.17, 15) is 9.59 Å². The summed E-state index contributed by atoms with van der Waals surface area (Å²) in [4.78, 5) is 27.0. The Bertz CT molecular complexity index is 1250. The van der Waals surface area contributed by atoms with Gasteiger partial charge in [-0.3, -0.25) is 9.59 Å². The van der Waals surface area contributed by atoms with Crippen LogP contribution in [-0.2, 0) is 4.79 Å². The van der Waals surface area contributed by atoms with Crippen LogP contribution >= 0.6 is 0 Å². The van der Waals surface area contributed by atoms with E-state index in [1.54, 1.807) is 5.57 Å². The second-order valence-electron chi connectivity index (χ2n) is 16.5. The summed E-state index contributed by atoms with van der Waals surface area (Å²) < 4.78 is 0. The fourth-order valence-corrected chi connectivity index (χ4v) is 11.9. The molecule has 0 bridgehead atoms. The van der Waals surface area contributed by atoms with Crippen molar-refractivity contribution < 1.29 is 9.59 Å². The summed E-state index contributed by atoms with van der Waals surface area (Å²) in [5.74, 6) is 2.48. The zero-order valence-corrected chi connectivity index (χ0v) is 26.5. The summed E-state index contributed by atoms with van der Waals surface area (Å²) in [6.45, 7) is 19.7. The quantitative estimate of drug-likeness (QED) is 0.375. The third-order valence-electron chi connectivity index (χ3n) is 14.1. The average Bonchev–Trinajstić information content (AvgIpc) is 3.17. The number of hydrogen-bond donors (Lipinski definition) is 1. The first-order chi connectivity index (χ1) is 18.7. The first kappa shape index (κ1) is 31.5. The monoisotopic (exact) mass is 567 g/mol. The third kappa shape index (κ3) is 4.36. The predicted octanol–water partition coefficient (Wildman–Crippen LogP) is 8.14. The molecule has 4 fully saturated rings. The van der Waals surface area contributed by atoms with Crippen molar-refractivity contribution in [3.8, 4) is 0 Å². The Labute approximate surface area is 271 Å². The number of rotatable bonds is 3. The van der Waals surface area contributed by atoms with E-state index in [4.69, 9.17) is 0 Å². The van der Waals surface area contributed by atoms with Gasteiger partial charge in [-0.1, -0.05) is 79.2 Å². The van der Waals surface area contributed by atoms with Crippen LogP contribution in [0.2, 0.25) is 0 Å². The van der Waals surface area contributed by atoms with Crippen LogP contribution in [0.4, 0.5) is 0 Å². The molecule has 0 spiro atoms. The summed E-state index contributed by atoms with van der Waals surface area (Å²) in [6.07, 6.45) is 10.2. The van der Waals surface area contributed by atoms with E-state index in [2.05, 4.69) is 60.7 Å². The SMILES string of the molecule is CC(C)C1=C2[C@H]3CC[C@@H]4[C@@]5(C)C(NC(=O)c6ccccc6)CCC(C)(C)[C@@H]5CC[C@@]4(C)[C@]3(C)CC[C@@]2(C)CC1=O.[NaH]. The van der Waals surface area contributed by atoms with E-state index in [1.165, 1.54) is 44.1 Å². The second-order valence-corrected chi connectivity index (χ2v) is 16.5. The van der Waals surface area contributed by atoms with Gasteiger partial charge in [0.25, 0.3) is 5.91 Å². The van der Waals surface area contributed by atoms with Crippen molar-refractivity contribution in [3.05, 3.63) is 47.0 Å². The van der Waals surface area contributed by atoms with E-state index in [0.29, 0.717) is 29.5 Å². The maximum atomic E-state index is 13.6. The van der Waals surface area contributed by atoms with Crippen molar-refractivity contribution in [1.29, 1.82) is 0 Å². The first-order valence-electron chi connectivity index (χ1n) is 16.3. The molecule has 1 aromatic rings. The average molecular weight is 568 g/mol. The number of hydrogen-bond acceptors (Lipinski definition) is 2. The molecule has 1 aromatic carbocycles. The molecule has 1 unspecified atom stereocenters. The fourth-order valence-electron chi connectivity index (χ4n) is 11.9. The van der Waals surface area contributed by atoms with Crippen molar-refractivity contribution >= 4 is 41.2 Å². The molecule has 0 aromatic heterocycles. The van der Waals surface area contributed by atoms with Gasteiger partial charge in [-0.05, 0) is 120 Å². The maximum absolute atomic E-state index is 13.6. The normalized spacial score (nSPS) is 42.9. The molecule has 5 aliphatic carbocycles. The van der Waals surface area contributed by atoms with Crippen molar-refractivity contribution in [1.82, 2.24) is 5.32 Å². The van der Waals surface area contributed by atoms with Gasteiger partial charge < -0.3 is 5.32 Å². The first-order valence-corrected chi connectivity index (χ1v) is 16.3. The van der Waals surface area contributed by atoms with Crippen LogP contribution in [0.15, 0.2) is 41.5 Å². The van der Waals surface area contributed by atoms with Crippen LogP contribution in [0.3, 0.4) is 0 Å². The number of benzene rings is 1. The molecule has 41 heavy (non-hydrogen) atoms. The Morgan fingerprint density at radius 3 is 2.17 bits per heavy atom. The number of ketones is 1. The number of fused-ring (bicyclic) bond motifs is 7. The van der Waals surface area contributed by atoms with E-state index < -0.39 is 0 Å². The van der Waals surface area contributed by atoms with Gasteiger partial charge in [-0.25, -0.2) is 0 Å². The van der Waals surface area contributed by atoms with E-state index in [-0.39, 0.29) is 68.6 Å². The van der Waals surface area contributed by atoms with Gasteiger partial charge in [0.2, 0.25) is 0 Å². The molecule has 220 valence electrons. The van der Waals surface area contributed by atoms with Crippen LogP contribution < -0.4 is 5.32 Å². The summed E-state index contributed by atoms with van der Waals surface area (Å²) in [5.41, 5.74) is 4.27. The van der Waals surface area contributed by atoms with Crippen LogP contribution in [0, 0.1) is 50.7 Å². The Morgan fingerprint density at radius 1 is 0.829 bits per heavy atom. The third-order valence-corrected chi connectivity index (χ3v) is 14.1. The van der Waals surface area contributed by atoms with Crippen molar-refractivity contribution in [2.75, 3.05) is 0 Å². The number of amides is 1. The molecule has 3 nitrogen and oxygen atoms in total. The number of nitrogens with one attached hydrogen (secondary N) is 1. The molecule has 4 saturated carbocycles. The van der Waals surface area contributed by atoms with E-state index in [1.807, 2.05) is 30.3 Å². The zero-order chi connectivity index (χ0) is 28.9. The van der Waals surface area contributed by atoms with Gasteiger partial charge in [-0.15, -0.1) is 0 Å². The topological polar surface area (TPSA) is 46.2 Å². The van der Waals surface area contributed by atoms with Gasteiger partial charge in [0.05, 0.1) is 0 Å². The van der Waals surface area contributed by atoms with Crippen LogP contribution in [-0.4, -0.2) is 47.3 Å². The van der Waals surface area contributed by atoms with E-state index in [0.717, 1.165) is 24.8 Å². The molecule has 4 heteroatoms. The van der Waals surface area contributed by atoms with Gasteiger partial charge in [0, 0.05) is 18.0 Å². The molecule has 0 radical (unpaired) electrons. The number of carbonyl (C=O) groups is 2. The molecule has 1 N–H and O–H groups in total. The van der Waals surface area contributed by atoms with Crippen LogP contribution in [0.25, 0.3) is 0 Å². The molecule has 1 amide bonds. The second kappa shape index (κ2) is 10.3. The van der Waals surface area contributed by atoms with Crippen LogP contribution in [0.5, 0.6) is 0 Å². The Hall–Kier alpha value is -0.900. The molecule has 0 heterocycles. The fraction of sp³-hybridized carbons (Fsp3) is 0.730. The summed E-state index contributed by atoms with van der Waals surface area (Å²) in [6, 6.07) is 10.00. The molecule has 0 saturated heterocycles. The standard InChI is InChI=1S/C37H53NO2.Na.H/c1-23(2)30-26(39)22-34(5)20-21-35(6)25(31(30)34)14-15-28-36(35,7)19-16-27-33(3,4)18-17-29(37(27,28)8)38-32(40)24-12-10-9-11-13-24;;/h9-13,23,25,27-29H,14-22H2,1-8H3,(H,38,40);;/t25-,27+,28+,29?,34+,35-,36-,37+;;/m1../s1. The molecule has 0 aliphatic heterocycles. The Morgan fingerprint density at radius 2 is 1.51 bits per heavy atom. The van der Waals surface area contributed by atoms with Crippen molar-refractivity contribution in [2.45, 2.75) is 119 Å². The van der Waals surface area contributed by atoms with Crippen molar-refractivity contribution in [2.24, 2.45) is 50.7 Å². The summed E-state index contributed by atoms with van der Waals surface area (Å²) in [7, 11) is 0. The summed E-state index contributed by atoms with van der Waals surface area (Å²) >= 11 is 0. The number of allylic oxidation sites excluding steroid dienone is 2. The molecule has 5 aliphatic rings. The summed E-state index contributed by atoms with van der Waals surface area (Å²) in [5, 5.41) is 3.63. The Balaban J connectivity index is 0.00000337. The zero-order valence-electron chi connectivity index (χ0n) is 26.5. The van der Waals surface area contributed by atoms with Gasteiger partial charge in [0.1, 0.15) is 0 Å². The van der Waals surface area contributed by atoms with Crippen LogP contribution in [0.1, 0.15) is 124 Å². The number of carbonyl (C=O) groups excluding carboxylic acids is 2. The predicted molar refractivity (Wildman–Crippen MR) is 170 cm³/mol. The molecule has 8 atom stereocenters. The molecule has 6 rings (SSSR count). The van der Waals surface area contributed by atoms with E-state index >= 15 is 0 Å². The van der Waals surface area contributed by atoms with Crippen molar-refractivity contribution in [3.63, 3.8) is 0 Å². The number of Topliss-reactive ketones (excluding diaryl/α,β-unsaturated/α-hetero) is 1. The van der Waals surface area contributed by atoms with Gasteiger partial charge >= 0.3 is 29.6 Å². The minimum atomic E-state index is 0. The van der Waals surface area contributed by atoms with Gasteiger partial charge in [-0.2, -0.15) is 0 Å².